The molecule has 2 heterocycles. The van der Waals surface area contributed by atoms with Gasteiger partial charge in [-0.3, -0.25) is 4.40 Å². The lowest BCUT2D eigenvalue weighted by Gasteiger charge is -1.98. The molecule has 0 saturated heterocycles. The molecule has 12 heavy (non-hydrogen) atoms. The van der Waals surface area contributed by atoms with Gasteiger partial charge in [-0.15, -0.1) is 10.2 Å². The number of nitrogens with zero attached hydrogens (tertiary/aromatic N) is 4. The largest absolute Gasteiger partial charge is 0.322 e. The van der Waals surface area contributed by atoms with Gasteiger partial charge >= 0.3 is 0 Å². The summed E-state index contributed by atoms with van der Waals surface area (Å²) in [6.45, 7) is 1.89. The van der Waals surface area contributed by atoms with Gasteiger partial charge in [-0.1, -0.05) is 0 Å². The van der Waals surface area contributed by atoms with Crippen LogP contribution in [0.25, 0.3) is 5.78 Å². The lowest BCUT2D eigenvalue weighted by molar-refractivity contribution is 0.727. The quantitative estimate of drug-likeness (QED) is 0.651. The number of nitrogens with two attached hydrogens (primary N) is 1. The molecule has 0 saturated carbocycles. The second-order valence-corrected chi connectivity index (χ2v) is 2.93. The van der Waals surface area contributed by atoms with E-state index in [1.54, 1.807) is 0 Å². The highest BCUT2D eigenvalue weighted by molar-refractivity contribution is 5.30. The Morgan fingerprint density at radius 1 is 1.42 bits per heavy atom. The molecule has 0 aliphatic rings. The highest BCUT2D eigenvalue weighted by atomic mass is 15.3. The van der Waals surface area contributed by atoms with Crippen LogP contribution in [-0.4, -0.2) is 19.2 Å². The van der Waals surface area contributed by atoms with Crippen molar-refractivity contribution in [2.75, 3.05) is 0 Å². The standard InChI is InChI=1S/C7H11N5/c1-5(8)6-9-10-7-11(2)3-4-12(6)7/h3-5H,8H2,1-2H3. The van der Waals surface area contributed by atoms with Crippen molar-refractivity contribution < 1.29 is 0 Å². The predicted octanol–water partition coefficient (Wildman–Crippen LogP) is 0.0875. The number of hydrogen-bond acceptors (Lipinski definition) is 3. The predicted molar refractivity (Wildman–Crippen MR) is 44.6 cm³/mol. The van der Waals surface area contributed by atoms with E-state index in [1.807, 2.05) is 35.3 Å². The molecular weight excluding hydrogens is 154 g/mol. The number of imidazole rings is 1. The second-order valence-electron chi connectivity index (χ2n) is 2.93. The zero-order chi connectivity index (χ0) is 8.72. The average Bonchev–Trinajstić information content (AvgIpc) is 2.53. The summed E-state index contributed by atoms with van der Waals surface area (Å²) < 4.78 is 3.80. The van der Waals surface area contributed by atoms with Crippen LogP contribution in [0.4, 0.5) is 0 Å². The topological polar surface area (TPSA) is 61.1 Å². The molecule has 2 rings (SSSR count). The minimum Gasteiger partial charge on any atom is -0.322 e. The summed E-state index contributed by atoms with van der Waals surface area (Å²) in [5, 5.41) is 7.98. The summed E-state index contributed by atoms with van der Waals surface area (Å²) in [5.74, 6) is 1.62. The molecule has 5 heteroatoms. The van der Waals surface area contributed by atoms with Gasteiger partial charge in [-0.05, 0) is 6.92 Å². The van der Waals surface area contributed by atoms with Crippen molar-refractivity contribution in [2.24, 2.45) is 12.8 Å². The Kier molecular flexibility index (Phi) is 1.41. The maximum absolute atomic E-state index is 5.70. The van der Waals surface area contributed by atoms with Gasteiger partial charge < -0.3 is 10.3 Å². The van der Waals surface area contributed by atoms with Gasteiger partial charge in [0.15, 0.2) is 5.82 Å². The number of hydrogen-bond donors (Lipinski definition) is 1. The lowest BCUT2D eigenvalue weighted by Crippen LogP contribution is -2.08. The van der Waals surface area contributed by atoms with Crippen molar-refractivity contribution >= 4 is 5.78 Å². The molecule has 0 spiro atoms. The summed E-state index contributed by atoms with van der Waals surface area (Å²) in [6, 6.07) is -0.0811. The van der Waals surface area contributed by atoms with E-state index in [4.69, 9.17) is 5.73 Å². The first kappa shape index (κ1) is 7.30. The van der Waals surface area contributed by atoms with E-state index >= 15 is 0 Å². The van der Waals surface area contributed by atoms with Crippen molar-refractivity contribution in [3.05, 3.63) is 18.2 Å². The van der Waals surface area contributed by atoms with Crippen molar-refractivity contribution in [3.8, 4) is 0 Å². The Balaban J connectivity index is 2.71. The fourth-order valence-corrected chi connectivity index (χ4v) is 1.22. The smallest absolute Gasteiger partial charge is 0.235 e. The van der Waals surface area contributed by atoms with E-state index in [0.717, 1.165) is 11.6 Å². The average molecular weight is 165 g/mol. The Labute approximate surface area is 69.8 Å². The second kappa shape index (κ2) is 2.31. The van der Waals surface area contributed by atoms with E-state index in [1.165, 1.54) is 0 Å². The molecule has 0 radical (unpaired) electrons. The maximum atomic E-state index is 5.70. The Morgan fingerprint density at radius 2 is 2.17 bits per heavy atom. The monoisotopic (exact) mass is 165 g/mol. The number of rotatable bonds is 1. The van der Waals surface area contributed by atoms with E-state index in [2.05, 4.69) is 10.2 Å². The first-order valence-electron chi connectivity index (χ1n) is 3.81. The third-order valence-corrected chi connectivity index (χ3v) is 1.87. The Bertz CT molecular complexity index is 397. The highest BCUT2D eigenvalue weighted by Crippen LogP contribution is 2.08. The van der Waals surface area contributed by atoms with E-state index in [-0.39, 0.29) is 6.04 Å². The van der Waals surface area contributed by atoms with Gasteiger partial charge in [0.25, 0.3) is 0 Å². The van der Waals surface area contributed by atoms with Gasteiger partial charge in [0.1, 0.15) is 0 Å². The van der Waals surface area contributed by atoms with E-state index < -0.39 is 0 Å². The Morgan fingerprint density at radius 3 is 2.83 bits per heavy atom. The zero-order valence-corrected chi connectivity index (χ0v) is 7.10. The fourth-order valence-electron chi connectivity index (χ4n) is 1.22. The zero-order valence-electron chi connectivity index (χ0n) is 7.10. The maximum Gasteiger partial charge on any atom is 0.235 e. The third-order valence-electron chi connectivity index (χ3n) is 1.87. The number of aromatic nitrogens is 4. The molecule has 64 valence electrons. The van der Waals surface area contributed by atoms with Crippen LogP contribution >= 0.6 is 0 Å². The molecule has 2 aromatic rings. The molecule has 0 aromatic carbocycles. The van der Waals surface area contributed by atoms with Crippen LogP contribution in [0.5, 0.6) is 0 Å². The molecule has 1 atom stereocenters. The normalized spacial score (nSPS) is 13.9. The summed E-state index contributed by atoms with van der Waals surface area (Å²) >= 11 is 0. The minimum atomic E-state index is -0.0811. The van der Waals surface area contributed by atoms with Crippen molar-refractivity contribution in [2.45, 2.75) is 13.0 Å². The molecule has 0 fully saturated rings. The van der Waals surface area contributed by atoms with Crippen molar-refractivity contribution in [3.63, 3.8) is 0 Å². The van der Waals surface area contributed by atoms with Crippen LogP contribution < -0.4 is 5.73 Å². The molecule has 2 aromatic heterocycles. The van der Waals surface area contributed by atoms with Crippen LogP contribution in [-0.2, 0) is 7.05 Å². The van der Waals surface area contributed by atoms with Crippen LogP contribution in [0.1, 0.15) is 18.8 Å². The van der Waals surface area contributed by atoms with Gasteiger partial charge in [-0.2, -0.15) is 0 Å². The molecule has 5 nitrogen and oxygen atoms in total. The molecular formula is C7H11N5. The van der Waals surface area contributed by atoms with Crippen molar-refractivity contribution in [1.82, 2.24) is 19.2 Å². The minimum absolute atomic E-state index is 0.0811. The lowest BCUT2D eigenvalue weighted by atomic mass is 10.3. The van der Waals surface area contributed by atoms with Crippen LogP contribution in [0.3, 0.4) is 0 Å². The van der Waals surface area contributed by atoms with Crippen molar-refractivity contribution in [1.29, 1.82) is 0 Å². The molecule has 2 N–H and O–H groups in total. The van der Waals surface area contributed by atoms with E-state index in [0.29, 0.717) is 0 Å². The fraction of sp³-hybridized carbons (Fsp3) is 0.429. The number of aryl methyl sites for hydroxylation is 1. The highest BCUT2D eigenvalue weighted by Gasteiger charge is 2.10. The summed E-state index contributed by atoms with van der Waals surface area (Å²) in [7, 11) is 1.93. The molecule has 1 unspecified atom stereocenters. The van der Waals surface area contributed by atoms with E-state index in [9.17, 15) is 0 Å². The van der Waals surface area contributed by atoms with Crippen LogP contribution in [0, 0.1) is 0 Å². The van der Waals surface area contributed by atoms with Gasteiger partial charge in [0, 0.05) is 19.4 Å². The number of fused-ring (bicyclic) bond motifs is 1. The van der Waals surface area contributed by atoms with Gasteiger partial charge in [0.05, 0.1) is 6.04 Å². The van der Waals surface area contributed by atoms with Crippen LogP contribution in [0.2, 0.25) is 0 Å². The summed E-state index contributed by atoms with van der Waals surface area (Å²) in [5.41, 5.74) is 5.70. The van der Waals surface area contributed by atoms with Gasteiger partial charge in [0.2, 0.25) is 5.78 Å². The molecule has 0 amide bonds. The van der Waals surface area contributed by atoms with Crippen LogP contribution in [0.15, 0.2) is 12.4 Å². The first-order valence-corrected chi connectivity index (χ1v) is 3.81. The summed E-state index contributed by atoms with van der Waals surface area (Å²) in [6.07, 6.45) is 3.84. The molecule has 0 aliphatic heterocycles. The van der Waals surface area contributed by atoms with Gasteiger partial charge in [-0.25, -0.2) is 0 Å². The third kappa shape index (κ3) is 0.831. The first-order chi connectivity index (χ1) is 5.70. The SMILES string of the molecule is CC(N)c1nnc2n(C)ccn12. The Hall–Kier alpha value is -1.36. The summed E-state index contributed by atoms with van der Waals surface area (Å²) in [4.78, 5) is 0. The molecule has 0 aliphatic carbocycles. The molecule has 0 bridgehead atoms.